The molecule has 7 nitrogen and oxygen atoms in total. The molecule has 1 aromatic rings. The van der Waals surface area contributed by atoms with Gasteiger partial charge in [0.15, 0.2) is 10.4 Å². The molecule has 1 aliphatic carbocycles. The summed E-state index contributed by atoms with van der Waals surface area (Å²) in [6.45, 7) is -0.224. The van der Waals surface area contributed by atoms with Crippen molar-refractivity contribution in [2.24, 2.45) is 0 Å². The van der Waals surface area contributed by atoms with Gasteiger partial charge in [0.05, 0.1) is 18.5 Å². The van der Waals surface area contributed by atoms with Crippen LogP contribution in [0.25, 0.3) is 0 Å². The van der Waals surface area contributed by atoms with Crippen LogP contribution in [0.5, 0.6) is 0 Å². The molecule has 0 aliphatic heterocycles. The van der Waals surface area contributed by atoms with Crippen molar-refractivity contribution in [2.45, 2.75) is 31.2 Å². The van der Waals surface area contributed by atoms with Gasteiger partial charge in [-0.1, -0.05) is 0 Å². The second-order valence-corrected chi connectivity index (χ2v) is 5.82. The minimum atomic E-state index is -0.945. The Bertz CT molecular complexity index is 565. The SMILES string of the molecule is O=C(O)CC1(NC(=O)CNC(=O)c2ccc(Br)o2)CCC1. The lowest BCUT2D eigenvalue weighted by Gasteiger charge is -2.41. The molecule has 1 aromatic heterocycles. The molecule has 1 heterocycles. The number of aliphatic carboxylic acids is 1. The van der Waals surface area contributed by atoms with Crippen LogP contribution in [0.15, 0.2) is 21.2 Å². The Balaban J connectivity index is 1.82. The second kappa shape index (κ2) is 6.30. The molecule has 0 radical (unpaired) electrons. The maximum atomic E-state index is 11.8. The zero-order valence-corrected chi connectivity index (χ0v) is 12.7. The molecular formula is C13H15BrN2O5. The fourth-order valence-corrected chi connectivity index (χ4v) is 2.57. The largest absolute Gasteiger partial charge is 0.481 e. The van der Waals surface area contributed by atoms with Crippen LogP contribution in [-0.4, -0.2) is 35.0 Å². The van der Waals surface area contributed by atoms with Crippen molar-refractivity contribution < 1.29 is 23.9 Å². The lowest BCUT2D eigenvalue weighted by Crippen LogP contribution is -2.56. The smallest absolute Gasteiger partial charge is 0.305 e. The third-order valence-corrected chi connectivity index (χ3v) is 3.84. The highest BCUT2D eigenvalue weighted by atomic mass is 79.9. The Morgan fingerprint density at radius 1 is 1.33 bits per heavy atom. The number of hydrogen-bond donors (Lipinski definition) is 3. The van der Waals surface area contributed by atoms with Gasteiger partial charge in [0, 0.05) is 0 Å². The van der Waals surface area contributed by atoms with Crippen LogP contribution in [-0.2, 0) is 9.59 Å². The number of carboxylic acid groups (broad SMARTS) is 1. The number of amides is 2. The summed E-state index contributed by atoms with van der Waals surface area (Å²) in [5, 5.41) is 14.0. The first-order valence-corrected chi connectivity index (χ1v) is 7.26. The van der Waals surface area contributed by atoms with E-state index in [4.69, 9.17) is 9.52 Å². The van der Waals surface area contributed by atoms with E-state index in [1.54, 1.807) is 6.07 Å². The summed E-state index contributed by atoms with van der Waals surface area (Å²) in [7, 11) is 0. The monoisotopic (exact) mass is 358 g/mol. The zero-order valence-electron chi connectivity index (χ0n) is 11.1. The Morgan fingerprint density at radius 2 is 2.05 bits per heavy atom. The zero-order chi connectivity index (χ0) is 15.5. The maximum absolute atomic E-state index is 11.8. The summed E-state index contributed by atoms with van der Waals surface area (Å²) in [4.78, 5) is 34.3. The number of hydrogen-bond acceptors (Lipinski definition) is 4. The van der Waals surface area contributed by atoms with Crippen molar-refractivity contribution in [1.29, 1.82) is 0 Å². The number of halogens is 1. The highest BCUT2D eigenvalue weighted by molar-refractivity contribution is 9.10. The van der Waals surface area contributed by atoms with Gasteiger partial charge in [0.25, 0.3) is 5.91 Å². The van der Waals surface area contributed by atoms with E-state index < -0.39 is 23.3 Å². The molecule has 1 aliphatic rings. The predicted octanol–water partition coefficient (Wildman–Crippen LogP) is 1.29. The first-order chi connectivity index (χ1) is 9.90. The van der Waals surface area contributed by atoms with Gasteiger partial charge in [0.1, 0.15) is 0 Å². The Kier molecular flexibility index (Phi) is 4.66. The van der Waals surface area contributed by atoms with E-state index in [9.17, 15) is 14.4 Å². The summed E-state index contributed by atoms with van der Waals surface area (Å²) in [5.41, 5.74) is -0.665. The van der Waals surface area contributed by atoms with Gasteiger partial charge in [-0.3, -0.25) is 14.4 Å². The lowest BCUT2D eigenvalue weighted by molar-refractivity contribution is -0.140. The quantitative estimate of drug-likeness (QED) is 0.709. The third kappa shape index (κ3) is 4.07. The van der Waals surface area contributed by atoms with Crippen molar-refractivity contribution in [1.82, 2.24) is 10.6 Å². The summed E-state index contributed by atoms with van der Waals surface area (Å²) in [6.07, 6.45) is 2.08. The Hall–Kier alpha value is -1.83. The van der Waals surface area contributed by atoms with Crippen LogP contribution in [0.2, 0.25) is 0 Å². The van der Waals surface area contributed by atoms with Crippen molar-refractivity contribution in [3.8, 4) is 0 Å². The van der Waals surface area contributed by atoms with Crippen molar-refractivity contribution in [3.05, 3.63) is 22.6 Å². The van der Waals surface area contributed by atoms with Crippen molar-refractivity contribution in [2.75, 3.05) is 6.54 Å². The van der Waals surface area contributed by atoms with Crippen molar-refractivity contribution >= 4 is 33.7 Å². The van der Waals surface area contributed by atoms with E-state index >= 15 is 0 Å². The van der Waals surface area contributed by atoms with Gasteiger partial charge in [-0.15, -0.1) is 0 Å². The van der Waals surface area contributed by atoms with Crippen molar-refractivity contribution in [3.63, 3.8) is 0 Å². The molecule has 0 saturated heterocycles. The van der Waals surface area contributed by atoms with Gasteiger partial charge >= 0.3 is 5.97 Å². The average molecular weight is 359 g/mol. The molecule has 21 heavy (non-hydrogen) atoms. The molecule has 0 bridgehead atoms. The molecular weight excluding hydrogens is 344 g/mol. The number of carbonyl (C=O) groups excluding carboxylic acids is 2. The fraction of sp³-hybridized carbons (Fsp3) is 0.462. The van der Waals surface area contributed by atoms with Crippen LogP contribution in [0.1, 0.15) is 36.2 Å². The maximum Gasteiger partial charge on any atom is 0.305 e. The molecule has 1 saturated carbocycles. The van der Waals surface area contributed by atoms with Crippen LogP contribution < -0.4 is 10.6 Å². The molecule has 0 aromatic carbocycles. The second-order valence-electron chi connectivity index (χ2n) is 5.04. The van der Waals surface area contributed by atoms with Crippen LogP contribution >= 0.6 is 15.9 Å². The first-order valence-electron chi connectivity index (χ1n) is 6.47. The Morgan fingerprint density at radius 3 is 2.52 bits per heavy atom. The highest BCUT2D eigenvalue weighted by Gasteiger charge is 2.40. The number of nitrogens with one attached hydrogen (secondary N) is 2. The normalized spacial score (nSPS) is 15.9. The lowest BCUT2D eigenvalue weighted by atomic mass is 9.74. The predicted molar refractivity (Wildman–Crippen MR) is 75.7 cm³/mol. The summed E-state index contributed by atoms with van der Waals surface area (Å²) < 4.78 is 5.48. The van der Waals surface area contributed by atoms with E-state index in [1.807, 2.05) is 0 Å². The van der Waals surface area contributed by atoms with E-state index in [1.165, 1.54) is 6.07 Å². The molecule has 0 atom stereocenters. The molecule has 1 fully saturated rings. The van der Waals surface area contributed by atoms with Gasteiger partial charge in [-0.25, -0.2) is 0 Å². The van der Waals surface area contributed by atoms with Gasteiger partial charge in [-0.05, 0) is 47.3 Å². The first kappa shape index (κ1) is 15.6. The van der Waals surface area contributed by atoms with Crippen LogP contribution in [0, 0.1) is 0 Å². The standard InChI is InChI=1S/C13H15BrN2O5/c14-9-3-2-8(21-9)12(20)15-7-10(17)16-13(4-1-5-13)6-11(18)19/h2-3H,1,4-7H2,(H,15,20)(H,16,17)(H,18,19). The summed E-state index contributed by atoms with van der Waals surface area (Å²) in [6, 6.07) is 3.06. The third-order valence-electron chi connectivity index (χ3n) is 3.41. The molecule has 2 amide bonds. The van der Waals surface area contributed by atoms with E-state index in [0.717, 1.165) is 6.42 Å². The summed E-state index contributed by atoms with van der Waals surface area (Å²) >= 11 is 3.08. The number of carboxylic acids is 1. The fourth-order valence-electron chi connectivity index (χ4n) is 2.26. The molecule has 2 rings (SSSR count). The minimum absolute atomic E-state index is 0.0959. The molecule has 3 N–H and O–H groups in total. The molecule has 114 valence electrons. The van der Waals surface area contributed by atoms with Crippen LogP contribution in [0.4, 0.5) is 0 Å². The highest BCUT2D eigenvalue weighted by Crippen LogP contribution is 2.34. The number of carbonyl (C=O) groups is 3. The van der Waals surface area contributed by atoms with Gasteiger partial charge < -0.3 is 20.2 Å². The van der Waals surface area contributed by atoms with E-state index in [2.05, 4.69) is 26.6 Å². The topological polar surface area (TPSA) is 109 Å². The minimum Gasteiger partial charge on any atom is -0.481 e. The molecule has 0 unspecified atom stereocenters. The number of rotatable bonds is 6. The number of furan rings is 1. The molecule has 8 heteroatoms. The molecule has 0 spiro atoms. The van der Waals surface area contributed by atoms with Gasteiger partial charge in [-0.2, -0.15) is 0 Å². The average Bonchev–Trinajstić information content (AvgIpc) is 2.79. The van der Waals surface area contributed by atoms with E-state index in [0.29, 0.717) is 17.5 Å². The van der Waals surface area contributed by atoms with Gasteiger partial charge in [0.2, 0.25) is 5.91 Å². The van der Waals surface area contributed by atoms with Crippen LogP contribution in [0.3, 0.4) is 0 Å². The van der Waals surface area contributed by atoms with E-state index in [-0.39, 0.29) is 18.7 Å². The summed E-state index contributed by atoms with van der Waals surface area (Å²) in [5.74, 6) is -1.76. The Labute approximate surface area is 129 Å².